The molecule has 6 heteroatoms. The van der Waals surface area contributed by atoms with Crippen molar-refractivity contribution in [3.63, 3.8) is 0 Å². The van der Waals surface area contributed by atoms with Gasteiger partial charge in [0, 0.05) is 25.3 Å². The summed E-state index contributed by atoms with van der Waals surface area (Å²) in [6.45, 7) is 5.87. The van der Waals surface area contributed by atoms with Crippen LogP contribution in [-0.2, 0) is 19.5 Å². The molecule has 24 heavy (non-hydrogen) atoms. The second-order valence-corrected chi connectivity index (χ2v) is 6.36. The van der Waals surface area contributed by atoms with Crippen molar-refractivity contribution in [1.29, 1.82) is 0 Å². The van der Waals surface area contributed by atoms with Gasteiger partial charge >= 0.3 is 0 Å². The summed E-state index contributed by atoms with van der Waals surface area (Å²) in [7, 11) is 0. The number of aromatic nitrogens is 2. The van der Waals surface area contributed by atoms with Crippen molar-refractivity contribution in [1.82, 2.24) is 15.1 Å². The van der Waals surface area contributed by atoms with Gasteiger partial charge in [0.15, 0.2) is 0 Å². The number of nitrogens with one attached hydrogen (secondary N) is 1. The average Bonchev–Trinajstić information content (AvgIpc) is 3.10. The average molecular weight is 330 g/mol. The third kappa shape index (κ3) is 4.33. The fraction of sp³-hybridized carbons (Fsp3) is 0.556. The van der Waals surface area contributed by atoms with E-state index in [-0.39, 0.29) is 0 Å². The Morgan fingerprint density at radius 2 is 1.96 bits per heavy atom. The fourth-order valence-corrected chi connectivity index (χ4v) is 3.07. The minimum atomic E-state index is 0.315. The van der Waals surface area contributed by atoms with Crippen LogP contribution in [0.25, 0.3) is 0 Å². The zero-order valence-corrected chi connectivity index (χ0v) is 14.2. The molecule has 1 aliphatic heterocycles. The molecule has 1 fully saturated rings. The second-order valence-electron chi connectivity index (χ2n) is 6.36. The first-order valence-electron chi connectivity index (χ1n) is 8.74. The SMILES string of the molecule is CCc1nnc(CNc2ccccc2CN2CCC(CO)CC2)o1. The molecule has 130 valence electrons. The van der Waals surface area contributed by atoms with E-state index in [9.17, 15) is 5.11 Å². The summed E-state index contributed by atoms with van der Waals surface area (Å²) in [4.78, 5) is 2.45. The largest absolute Gasteiger partial charge is 0.423 e. The number of hydrogen-bond acceptors (Lipinski definition) is 6. The lowest BCUT2D eigenvalue weighted by Gasteiger charge is -2.31. The highest BCUT2D eigenvalue weighted by Gasteiger charge is 2.19. The lowest BCUT2D eigenvalue weighted by atomic mass is 9.97. The zero-order valence-electron chi connectivity index (χ0n) is 14.2. The van der Waals surface area contributed by atoms with Gasteiger partial charge in [0.05, 0.1) is 6.54 Å². The van der Waals surface area contributed by atoms with Gasteiger partial charge in [0.1, 0.15) is 0 Å². The van der Waals surface area contributed by atoms with Crippen LogP contribution >= 0.6 is 0 Å². The highest BCUT2D eigenvalue weighted by Crippen LogP contribution is 2.22. The van der Waals surface area contributed by atoms with Gasteiger partial charge in [-0.05, 0) is 43.5 Å². The van der Waals surface area contributed by atoms with Gasteiger partial charge in [0.25, 0.3) is 0 Å². The first kappa shape index (κ1) is 16.9. The number of para-hydroxylation sites is 1. The number of aliphatic hydroxyl groups excluding tert-OH is 1. The Morgan fingerprint density at radius 3 is 2.67 bits per heavy atom. The summed E-state index contributed by atoms with van der Waals surface area (Å²) in [5, 5.41) is 20.7. The van der Waals surface area contributed by atoms with Gasteiger partial charge < -0.3 is 14.8 Å². The van der Waals surface area contributed by atoms with Gasteiger partial charge in [-0.2, -0.15) is 0 Å². The normalized spacial score (nSPS) is 16.4. The Bertz CT molecular complexity index is 635. The molecular formula is C18H26N4O2. The summed E-state index contributed by atoms with van der Waals surface area (Å²) in [5.74, 6) is 1.76. The molecule has 1 aromatic heterocycles. The van der Waals surface area contributed by atoms with Crippen molar-refractivity contribution in [2.24, 2.45) is 5.92 Å². The van der Waals surface area contributed by atoms with Gasteiger partial charge in [-0.15, -0.1) is 10.2 Å². The van der Waals surface area contributed by atoms with Gasteiger partial charge in [-0.25, -0.2) is 0 Å². The molecule has 6 nitrogen and oxygen atoms in total. The van der Waals surface area contributed by atoms with Crippen LogP contribution in [0.3, 0.4) is 0 Å². The molecule has 2 N–H and O–H groups in total. The Kier molecular flexibility index (Phi) is 5.82. The summed E-state index contributed by atoms with van der Waals surface area (Å²) in [5.41, 5.74) is 2.38. The van der Waals surface area contributed by atoms with E-state index in [1.807, 2.05) is 13.0 Å². The van der Waals surface area contributed by atoms with E-state index in [2.05, 4.69) is 38.6 Å². The van der Waals surface area contributed by atoms with Crippen molar-refractivity contribution in [3.05, 3.63) is 41.6 Å². The van der Waals surface area contributed by atoms with E-state index >= 15 is 0 Å². The third-order valence-electron chi connectivity index (χ3n) is 4.62. The lowest BCUT2D eigenvalue weighted by molar-refractivity contribution is 0.127. The Hall–Kier alpha value is -1.92. The van der Waals surface area contributed by atoms with E-state index in [1.54, 1.807) is 0 Å². The fourth-order valence-electron chi connectivity index (χ4n) is 3.07. The summed E-state index contributed by atoms with van der Waals surface area (Å²) in [6.07, 6.45) is 2.91. The molecule has 0 unspecified atom stereocenters. The number of nitrogens with zero attached hydrogens (tertiary/aromatic N) is 3. The number of benzene rings is 1. The molecule has 3 rings (SSSR count). The highest BCUT2D eigenvalue weighted by atomic mass is 16.4. The maximum atomic E-state index is 9.26. The van der Waals surface area contributed by atoms with Crippen LogP contribution in [0.15, 0.2) is 28.7 Å². The molecule has 0 bridgehead atoms. The smallest absolute Gasteiger partial charge is 0.235 e. The van der Waals surface area contributed by atoms with Crippen LogP contribution in [-0.4, -0.2) is 39.9 Å². The van der Waals surface area contributed by atoms with Crippen LogP contribution in [0, 0.1) is 5.92 Å². The van der Waals surface area contributed by atoms with Crippen molar-refractivity contribution in [2.75, 3.05) is 25.0 Å². The van der Waals surface area contributed by atoms with Crippen molar-refractivity contribution >= 4 is 5.69 Å². The molecule has 2 heterocycles. The Labute approximate surface area is 142 Å². The van der Waals surface area contributed by atoms with Gasteiger partial charge in [-0.1, -0.05) is 25.1 Å². The molecule has 1 aliphatic rings. The van der Waals surface area contributed by atoms with Crippen LogP contribution < -0.4 is 5.32 Å². The maximum absolute atomic E-state index is 9.26. The summed E-state index contributed by atoms with van der Waals surface area (Å²) >= 11 is 0. The minimum Gasteiger partial charge on any atom is -0.423 e. The molecule has 0 spiro atoms. The van der Waals surface area contributed by atoms with E-state index in [0.29, 0.717) is 30.9 Å². The summed E-state index contributed by atoms with van der Waals surface area (Å²) in [6, 6.07) is 8.36. The number of aryl methyl sites for hydroxylation is 1. The summed E-state index contributed by atoms with van der Waals surface area (Å²) < 4.78 is 5.55. The maximum Gasteiger partial charge on any atom is 0.235 e. The highest BCUT2D eigenvalue weighted by molar-refractivity contribution is 5.51. The zero-order chi connectivity index (χ0) is 16.8. The molecular weight excluding hydrogens is 304 g/mol. The molecule has 1 saturated heterocycles. The molecule has 0 atom stereocenters. The van der Waals surface area contributed by atoms with E-state index in [1.165, 1.54) is 5.56 Å². The monoisotopic (exact) mass is 330 g/mol. The van der Waals surface area contributed by atoms with Crippen LogP contribution in [0.1, 0.15) is 37.1 Å². The van der Waals surface area contributed by atoms with Crippen LogP contribution in [0.4, 0.5) is 5.69 Å². The van der Waals surface area contributed by atoms with E-state index in [0.717, 1.165) is 44.6 Å². The molecule has 0 radical (unpaired) electrons. The molecule has 0 aliphatic carbocycles. The first-order valence-corrected chi connectivity index (χ1v) is 8.74. The van der Waals surface area contributed by atoms with Crippen LogP contribution in [0.5, 0.6) is 0 Å². The molecule has 1 aromatic carbocycles. The number of piperidine rings is 1. The molecule has 0 saturated carbocycles. The number of likely N-dealkylation sites (tertiary alicyclic amines) is 1. The van der Waals surface area contributed by atoms with Crippen molar-refractivity contribution in [2.45, 2.75) is 39.3 Å². The topological polar surface area (TPSA) is 74.4 Å². The first-order chi connectivity index (χ1) is 11.8. The van der Waals surface area contributed by atoms with E-state index < -0.39 is 0 Å². The predicted octanol–water partition coefficient (Wildman–Crippen LogP) is 2.45. The lowest BCUT2D eigenvalue weighted by Crippen LogP contribution is -2.34. The van der Waals surface area contributed by atoms with E-state index in [4.69, 9.17) is 4.42 Å². The standard InChI is InChI=1S/C18H26N4O2/c1-2-17-20-21-18(24-17)11-19-16-6-4-3-5-15(16)12-22-9-7-14(13-23)8-10-22/h3-6,14,19,23H,2,7-13H2,1H3. The van der Waals surface area contributed by atoms with Crippen LogP contribution in [0.2, 0.25) is 0 Å². The number of aliphatic hydroxyl groups is 1. The second kappa shape index (κ2) is 8.26. The van der Waals surface area contributed by atoms with Gasteiger partial charge in [-0.3, -0.25) is 4.90 Å². The van der Waals surface area contributed by atoms with Crippen molar-refractivity contribution in [3.8, 4) is 0 Å². The van der Waals surface area contributed by atoms with Gasteiger partial charge in [0.2, 0.25) is 11.8 Å². The number of rotatable bonds is 7. The predicted molar refractivity (Wildman–Crippen MR) is 92.5 cm³/mol. The Morgan fingerprint density at radius 1 is 1.21 bits per heavy atom. The molecule has 0 amide bonds. The molecule has 2 aromatic rings. The van der Waals surface area contributed by atoms with Crippen molar-refractivity contribution < 1.29 is 9.52 Å². The number of hydrogen-bond donors (Lipinski definition) is 2. The third-order valence-corrected chi connectivity index (χ3v) is 4.62. The minimum absolute atomic E-state index is 0.315. The number of anilines is 1. The quantitative estimate of drug-likeness (QED) is 0.812. The Balaban J connectivity index is 1.58.